The quantitative estimate of drug-likeness (QED) is 0.480. The lowest BCUT2D eigenvalue weighted by Gasteiger charge is -2.32. The summed E-state index contributed by atoms with van der Waals surface area (Å²) in [5, 5.41) is 3.29. The standard InChI is InChI=1S/C22H14Cl2N2O3/c23-13-10-14(24)12-16(11-13)26-21(28)18-9-5-4-8-17(18)19(22(26)29)20(27)25-15-6-2-1-3-7-15/h1-12,19H,(H,25,27). The minimum Gasteiger partial charge on any atom is -0.325 e. The summed E-state index contributed by atoms with van der Waals surface area (Å²) < 4.78 is 0. The van der Waals surface area contributed by atoms with Gasteiger partial charge in [-0.25, -0.2) is 4.90 Å². The molecule has 5 nitrogen and oxygen atoms in total. The van der Waals surface area contributed by atoms with E-state index in [-0.39, 0.29) is 21.3 Å². The molecule has 144 valence electrons. The highest BCUT2D eigenvalue weighted by molar-refractivity contribution is 6.36. The third-order valence-corrected chi connectivity index (χ3v) is 5.02. The highest BCUT2D eigenvalue weighted by Crippen LogP contribution is 2.35. The molecule has 3 aromatic rings. The summed E-state index contributed by atoms with van der Waals surface area (Å²) in [5.74, 6) is -2.92. The number of carbonyl (C=O) groups is 3. The van der Waals surface area contributed by atoms with E-state index in [1.165, 1.54) is 18.2 Å². The Morgan fingerprint density at radius 1 is 0.862 bits per heavy atom. The fourth-order valence-corrected chi connectivity index (χ4v) is 3.84. The molecular formula is C22H14Cl2N2O3. The molecule has 0 bridgehead atoms. The number of amides is 3. The van der Waals surface area contributed by atoms with E-state index in [1.807, 2.05) is 6.07 Å². The van der Waals surface area contributed by atoms with Crippen molar-refractivity contribution in [1.29, 1.82) is 0 Å². The van der Waals surface area contributed by atoms with Crippen molar-refractivity contribution >= 4 is 52.3 Å². The highest BCUT2D eigenvalue weighted by Gasteiger charge is 2.43. The number of imide groups is 1. The van der Waals surface area contributed by atoms with Gasteiger partial charge in [0.25, 0.3) is 11.8 Å². The molecule has 29 heavy (non-hydrogen) atoms. The van der Waals surface area contributed by atoms with Crippen LogP contribution in [0.4, 0.5) is 11.4 Å². The van der Waals surface area contributed by atoms with Gasteiger partial charge in [-0.1, -0.05) is 59.6 Å². The van der Waals surface area contributed by atoms with Gasteiger partial charge in [0.1, 0.15) is 5.92 Å². The first-order valence-electron chi connectivity index (χ1n) is 8.75. The van der Waals surface area contributed by atoms with Gasteiger partial charge in [0, 0.05) is 21.3 Å². The smallest absolute Gasteiger partial charge is 0.265 e. The second-order valence-electron chi connectivity index (χ2n) is 6.48. The van der Waals surface area contributed by atoms with Crippen LogP contribution in [0.1, 0.15) is 21.8 Å². The third-order valence-electron chi connectivity index (χ3n) is 4.58. The molecule has 1 heterocycles. The van der Waals surface area contributed by atoms with Crippen LogP contribution in [-0.4, -0.2) is 17.7 Å². The number of anilines is 2. The van der Waals surface area contributed by atoms with E-state index < -0.39 is 23.6 Å². The first-order chi connectivity index (χ1) is 14.0. The lowest BCUT2D eigenvalue weighted by Crippen LogP contribution is -2.48. The number of hydrogen-bond donors (Lipinski definition) is 1. The maximum Gasteiger partial charge on any atom is 0.265 e. The Morgan fingerprint density at radius 2 is 1.48 bits per heavy atom. The van der Waals surface area contributed by atoms with Crippen LogP contribution in [-0.2, 0) is 9.59 Å². The van der Waals surface area contributed by atoms with Crippen molar-refractivity contribution in [3.63, 3.8) is 0 Å². The number of hydrogen-bond acceptors (Lipinski definition) is 3. The Bertz CT molecular complexity index is 1110. The molecule has 0 fully saturated rings. The fraction of sp³-hybridized carbons (Fsp3) is 0.0455. The summed E-state index contributed by atoms with van der Waals surface area (Å²) in [6.45, 7) is 0. The van der Waals surface area contributed by atoms with E-state index in [9.17, 15) is 14.4 Å². The molecule has 1 aliphatic heterocycles. The van der Waals surface area contributed by atoms with Gasteiger partial charge in [-0.3, -0.25) is 14.4 Å². The molecule has 1 aliphatic rings. The van der Waals surface area contributed by atoms with Crippen LogP contribution in [0.15, 0.2) is 72.8 Å². The van der Waals surface area contributed by atoms with Gasteiger partial charge in [-0.05, 0) is 42.0 Å². The molecule has 0 aliphatic carbocycles. The summed E-state index contributed by atoms with van der Waals surface area (Å²) in [5.41, 5.74) is 1.40. The monoisotopic (exact) mass is 424 g/mol. The molecule has 1 unspecified atom stereocenters. The summed E-state index contributed by atoms with van der Waals surface area (Å²) in [7, 11) is 0. The molecule has 7 heteroatoms. The van der Waals surface area contributed by atoms with Gasteiger partial charge in [0.2, 0.25) is 5.91 Å². The third kappa shape index (κ3) is 3.62. The number of rotatable bonds is 3. The average molecular weight is 425 g/mol. The zero-order valence-electron chi connectivity index (χ0n) is 14.9. The van der Waals surface area contributed by atoms with Gasteiger partial charge in [0.15, 0.2) is 0 Å². The minimum absolute atomic E-state index is 0.213. The maximum absolute atomic E-state index is 13.3. The number of para-hydroxylation sites is 1. The maximum atomic E-state index is 13.3. The summed E-state index contributed by atoms with van der Waals surface area (Å²) in [6.07, 6.45) is 0. The van der Waals surface area contributed by atoms with Crippen LogP contribution in [0.25, 0.3) is 0 Å². The summed E-state index contributed by atoms with van der Waals surface area (Å²) in [6, 6.07) is 19.8. The SMILES string of the molecule is O=C(Nc1ccccc1)C1C(=O)N(c2cc(Cl)cc(Cl)c2)C(=O)c2ccccc21. The second-order valence-corrected chi connectivity index (χ2v) is 7.35. The van der Waals surface area contributed by atoms with Crippen LogP contribution in [0.2, 0.25) is 10.0 Å². The van der Waals surface area contributed by atoms with Crippen molar-refractivity contribution in [2.45, 2.75) is 5.92 Å². The van der Waals surface area contributed by atoms with Gasteiger partial charge in [-0.15, -0.1) is 0 Å². The molecule has 3 aromatic carbocycles. The highest BCUT2D eigenvalue weighted by atomic mass is 35.5. The largest absolute Gasteiger partial charge is 0.325 e. The van der Waals surface area contributed by atoms with Crippen molar-refractivity contribution in [1.82, 2.24) is 0 Å². The van der Waals surface area contributed by atoms with Crippen LogP contribution < -0.4 is 10.2 Å². The number of nitrogens with zero attached hydrogens (tertiary/aromatic N) is 1. The second kappa shape index (κ2) is 7.70. The topological polar surface area (TPSA) is 66.5 Å². The molecule has 4 rings (SSSR count). The van der Waals surface area contributed by atoms with E-state index in [0.29, 0.717) is 11.3 Å². The minimum atomic E-state index is -1.19. The van der Waals surface area contributed by atoms with Gasteiger partial charge in [-0.2, -0.15) is 0 Å². The zero-order chi connectivity index (χ0) is 20.5. The number of carbonyl (C=O) groups excluding carboxylic acids is 3. The van der Waals surface area contributed by atoms with Crippen LogP contribution >= 0.6 is 23.2 Å². The first-order valence-corrected chi connectivity index (χ1v) is 9.50. The molecule has 0 saturated heterocycles. The van der Waals surface area contributed by atoms with Crippen molar-refractivity contribution in [3.8, 4) is 0 Å². The van der Waals surface area contributed by atoms with Gasteiger partial charge in [0.05, 0.1) is 5.69 Å². The van der Waals surface area contributed by atoms with E-state index in [0.717, 1.165) is 4.90 Å². The fourth-order valence-electron chi connectivity index (χ4n) is 3.33. The normalized spacial score (nSPS) is 15.8. The van der Waals surface area contributed by atoms with E-state index in [2.05, 4.69) is 5.32 Å². The van der Waals surface area contributed by atoms with E-state index in [1.54, 1.807) is 48.5 Å². The number of benzene rings is 3. The van der Waals surface area contributed by atoms with Crippen molar-refractivity contribution < 1.29 is 14.4 Å². The average Bonchev–Trinajstić information content (AvgIpc) is 2.68. The van der Waals surface area contributed by atoms with Crippen molar-refractivity contribution in [3.05, 3.63) is 94.0 Å². The Labute approximate surface area is 176 Å². The molecular weight excluding hydrogens is 411 g/mol. The zero-order valence-corrected chi connectivity index (χ0v) is 16.4. The summed E-state index contributed by atoms with van der Waals surface area (Å²) in [4.78, 5) is 40.4. The van der Waals surface area contributed by atoms with E-state index in [4.69, 9.17) is 23.2 Å². The van der Waals surface area contributed by atoms with Crippen LogP contribution in [0, 0.1) is 0 Å². The molecule has 0 saturated carbocycles. The molecule has 0 spiro atoms. The Kier molecular flexibility index (Phi) is 5.09. The lowest BCUT2D eigenvalue weighted by molar-refractivity contribution is -0.127. The molecule has 0 radical (unpaired) electrons. The van der Waals surface area contributed by atoms with Gasteiger partial charge >= 0.3 is 0 Å². The lowest BCUT2D eigenvalue weighted by atomic mass is 9.87. The predicted octanol–water partition coefficient (Wildman–Crippen LogP) is 4.90. The predicted molar refractivity (Wildman–Crippen MR) is 113 cm³/mol. The molecule has 3 amide bonds. The van der Waals surface area contributed by atoms with Gasteiger partial charge < -0.3 is 5.32 Å². The Morgan fingerprint density at radius 3 is 2.17 bits per heavy atom. The van der Waals surface area contributed by atoms with Crippen LogP contribution in [0.3, 0.4) is 0 Å². The molecule has 0 aromatic heterocycles. The van der Waals surface area contributed by atoms with Crippen molar-refractivity contribution in [2.24, 2.45) is 0 Å². The van der Waals surface area contributed by atoms with Crippen LogP contribution in [0.5, 0.6) is 0 Å². The number of halogens is 2. The molecule has 1 atom stereocenters. The molecule has 1 N–H and O–H groups in total. The number of nitrogens with one attached hydrogen (secondary N) is 1. The Hall–Kier alpha value is -3.15. The number of fused-ring (bicyclic) bond motifs is 1. The Balaban J connectivity index is 1.80. The van der Waals surface area contributed by atoms with Crippen molar-refractivity contribution in [2.75, 3.05) is 10.2 Å². The van der Waals surface area contributed by atoms with E-state index >= 15 is 0 Å². The first kappa shape index (κ1) is 19.2. The summed E-state index contributed by atoms with van der Waals surface area (Å²) >= 11 is 12.1.